The molecule has 0 amide bonds. The number of rotatable bonds is 5. The highest BCUT2D eigenvalue weighted by Gasteiger charge is 2.25. The lowest BCUT2D eigenvalue weighted by Gasteiger charge is -2.25. The van der Waals surface area contributed by atoms with E-state index in [1.807, 2.05) is 46.1 Å². The number of anilines is 1. The smallest absolute Gasteiger partial charge is 0.187 e. The predicted octanol–water partition coefficient (Wildman–Crippen LogP) is 6.92. The van der Waals surface area contributed by atoms with Gasteiger partial charge in [-0.25, -0.2) is 14.5 Å². The first-order chi connectivity index (χ1) is 15.5. The number of thiazole rings is 1. The van der Waals surface area contributed by atoms with Crippen LogP contribution >= 0.6 is 22.9 Å². The number of aromatic nitrogens is 4. The van der Waals surface area contributed by atoms with Gasteiger partial charge < -0.3 is 9.64 Å². The maximum atomic E-state index is 6.60. The van der Waals surface area contributed by atoms with Crippen molar-refractivity contribution in [3.05, 3.63) is 28.3 Å². The molecule has 6 nitrogen and oxygen atoms in total. The van der Waals surface area contributed by atoms with E-state index in [4.69, 9.17) is 26.4 Å². The molecule has 0 spiro atoms. The minimum atomic E-state index is 0.456. The molecule has 0 saturated carbocycles. The van der Waals surface area contributed by atoms with Gasteiger partial charge in [0.05, 0.1) is 29.3 Å². The zero-order chi connectivity index (χ0) is 23.8. The monoisotopic (exact) mass is 479 g/mol. The van der Waals surface area contributed by atoms with Crippen LogP contribution in [0.25, 0.3) is 16.1 Å². The molecule has 4 rings (SSSR count). The number of nitrogens with zero attached hydrogens (tertiary/aromatic N) is 5. The largest absolute Gasteiger partial charge is 0.378 e. The Bertz CT molecular complexity index is 990. The van der Waals surface area contributed by atoms with Gasteiger partial charge in [0.25, 0.3) is 0 Å². The van der Waals surface area contributed by atoms with Gasteiger partial charge in [0.2, 0.25) is 0 Å². The van der Waals surface area contributed by atoms with Crippen LogP contribution in [-0.4, -0.2) is 45.9 Å². The average molecular weight is 480 g/mol. The van der Waals surface area contributed by atoms with Gasteiger partial charge in [-0.05, 0) is 32.8 Å². The summed E-state index contributed by atoms with van der Waals surface area (Å²) in [6, 6.07) is 2.16. The summed E-state index contributed by atoms with van der Waals surface area (Å²) in [5.74, 6) is 0.456. The van der Waals surface area contributed by atoms with E-state index in [1.165, 1.54) is 5.69 Å². The van der Waals surface area contributed by atoms with Crippen molar-refractivity contribution in [1.29, 1.82) is 0 Å². The quantitative estimate of drug-likeness (QED) is 0.397. The summed E-state index contributed by atoms with van der Waals surface area (Å²) >= 11 is 8.22. The van der Waals surface area contributed by atoms with E-state index < -0.39 is 0 Å². The molecule has 3 aromatic rings. The lowest BCUT2D eigenvalue weighted by Crippen LogP contribution is -2.36. The molecule has 0 aromatic carbocycles. The molecular weight excluding hydrogens is 442 g/mol. The standard InChI is InChI=1S/C20H26ClN5OS.2C2H6/c1-5-14(6-2)15-11-12(3)22-19-16(13(4)24-26(15)19)17-18(21)23-20(28-17)25-7-9-27-10-8-25;2*1-2/h11,14H,5-10H2,1-4H3;2*1-2H3. The molecule has 1 aliphatic rings. The molecule has 0 N–H and O–H groups in total. The van der Waals surface area contributed by atoms with Crippen molar-refractivity contribution in [2.45, 2.75) is 74.1 Å². The molecule has 8 heteroatoms. The number of hydrogen-bond donors (Lipinski definition) is 0. The maximum absolute atomic E-state index is 6.60. The van der Waals surface area contributed by atoms with Crippen LogP contribution < -0.4 is 4.90 Å². The molecule has 1 saturated heterocycles. The molecule has 4 heterocycles. The Morgan fingerprint density at radius 1 is 1.06 bits per heavy atom. The summed E-state index contributed by atoms with van der Waals surface area (Å²) < 4.78 is 7.47. The van der Waals surface area contributed by atoms with Gasteiger partial charge >= 0.3 is 0 Å². The second kappa shape index (κ2) is 12.5. The summed E-state index contributed by atoms with van der Waals surface area (Å²) in [5, 5.41) is 6.32. The fraction of sp³-hybridized carbons (Fsp3) is 0.625. The summed E-state index contributed by atoms with van der Waals surface area (Å²) in [6.45, 7) is 19.7. The fourth-order valence-electron chi connectivity index (χ4n) is 3.87. The van der Waals surface area contributed by atoms with Crippen molar-refractivity contribution in [3.63, 3.8) is 0 Å². The number of ether oxygens (including phenoxy) is 1. The minimum absolute atomic E-state index is 0.456. The Kier molecular flexibility index (Phi) is 10.4. The summed E-state index contributed by atoms with van der Waals surface area (Å²) in [6.07, 6.45) is 2.15. The first-order valence-corrected chi connectivity index (χ1v) is 13.1. The predicted molar refractivity (Wildman–Crippen MR) is 138 cm³/mol. The van der Waals surface area contributed by atoms with Gasteiger partial charge in [0.15, 0.2) is 10.8 Å². The van der Waals surface area contributed by atoms with E-state index in [0.29, 0.717) is 11.1 Å². The lowest BCUT2D eigenvalue weighted by atomic mass is 9.98. The normalized spacial score (nSPS) is 13.6. The van der Waals surface area contributed by atoms with Gasteiger partial charge in [0, 0.05) is 30.4 Å². The van der Waals surface area contributed by atoms with Crippen molar-refractivity contribution in [2.75, 3.05) is 31.2 Å². The van der Waals surface area contributed by atoms with E-state index >= 15 is 0 Å². The Morgan fingerprint density at radius 3 is 2.28 bits per heavy atom. The van der Waals surface area contributed by atoms with Crippen molar-refractivity contribution >= 4 is 33.7 Å². The van der Waals surface area contributed by atoms with E-state index in [9.17, 15) is 0 Å². The molecule has 0 radical (unpaired) electrons. The number of morpholine rings is 1. The SMILES string of the molecule is CC.CC.CCC(CC)c1cc(C)nc2c(-c3sc(N4CCOCC4)nc3Cl)c(C)nn12. The molecule has 3 aromatic heterocycles. The van der Waals surface area contributed by atoms with Crippen molar-refractivity contribution in [2.24, 2.45) is 0 Å². The fourth-order valence-corrected chi connectivity index (χ4v) is 5.31. The molecule has 178 valence electrons. The Balaban J connectivity index is 0.000000860. The topological polar surface area (TPSA) is 55.5 Å². The second-order valence-electron chi connectivity index (χ2n) is 7.25. The number of hydrogen-bond acceptors (Lipinski definition) is 6. The zero-order valence-corrected chi connectivity index (χ0v) is 22.4. The van der Waals surface area contributed by atoms with Gasteiger partial charge in [0.1, 0.15) is 5.15 Å². The Labute approximate surface area is 202 Å². The van der Waals surface area contributed by atoms with Crippen LogP contribution in [-0.2, 0) is 4.74 Å². The van der Waals surface area contributed by atoms with Crippen LogP contribution in [0.15, 0.2) is 6.07 Å². The second-order valence-corrected chi connectivity index (χ2v) is 8.58. The highest BCUT2D eigenvalue weighted by Crippen LogP contribution is 2.41. The van der Waals surface area contributed by atoms with Crippen molar-refractivity contribution < 1.29 is 4.74 Å². The molecule has 0 unspecified atom stereocenters. The summed E-state index contributed by atoms with van der Waals surface area (Å²) in [7, 11) is 0. The third-order valence-electron chi connectivity index (χ3n) is 5.41. The summed E-state index contributed by atoms with van der Waals surface area (Å²) in [4.78, 5) is 12.7. The van der Waals surface area contributed by atoms with Gasteiger partial charge in [-0.2, -0.15) is 5.10 Å². The highest BCUT2D eigenvalue weighted by molar-refractivity contribution is 7.19. The molecule has 32 heavy (non-hydrogen) atoms. The first-order valence-electron chi connectivity index (χ1n) is 11.9. The van der Waals surface area contributed by atoms with Crippen LogP contribution in [0.2, 0.25) is 5.15 Å². The maximum Gasteiger partial charge on any atom is 0.187 e. The van der Waals surface area contributed by atoms with Gasteiger partial charge in [-0.15, -0.1) is 0 Å². The van der Waals surface area contributed by atoms with Crippen LogP contribution in [0.5, 0.6) is 0 Å². The van der Waals surface area contributed by atoms with Crippen LogP contribution in [0, 0.1) is 13.8 Å². The third-order valence-corrected chi connectivity index (χ3v) is 6.93. The Hall–Kier alpha value is -1.70. The van der Waals surface area contributed by atoms with E-state index in [-0.39, 0.29) is 0 Å². The van der Waals surface area contributed by atoms with Crippen molar-refractivity contribution in [3.8, 4) is 10.4 Å². The van der Waals surface area contributed by atoms with Gasteiger partial charge in [-0.1, -0.05) is 64.5 Å². The van der Waals surface area contributed by atoms with Crippen LogP contribution in [0.3, 0.4) is 0 Å². The average Bonchev–Trinajstić information content (AvgIpc) is 3.36. The third kappa shape index (κ3) is 5.43. The molecule has 1 fully saturated rings. The van der Waals surface area contributed by atoms with Crippen molar-refractivity contribution in [1.82, 2.24) is 19.6 Å². The zero-order valence-electron chi connectivity index (χ0n) is 20.8. The van der Waals surface area contributed by atoms with E-state index in [0.717, 1.165) is 71.8 Å². The molecule has 0 aliphatic carbocycles. The van der Waals surface area contributed by atoms with Gasteiger partial charge in [-0.3, -0.25) is 0 Å². The van der Waals surface area contributed by atoms with Crippen LogP contribution in [0.4, 0.5) is 5.13 Å². The van der Waals surface area contributed by atoms with E-state index in [2.05, 4.69) is 29.8 Å². The van der Waals surface area contributed by atoms with E-state index in [1.54, 1.807) is 11.3 Å². The number of aryl methyl sites for hydroxylation is 2. The molecule has 1 aliphatic heterocycles. The Morgan fingerprint density at radius 2 is 1.69 bits per heavy atom. The number of halogens is 1. The molecular formula is C24H38ClN5OS. The number of fused-ring (bicyclic) bond motifs is 1. The molecule has 0 atom stereocenters. The summed E-state index contributed by atoms with van der Waals surface area (Å²) in [5.41, 5.74) is 5.03. The molecule has 0 bridgehead atoms. The highest BCUT2D eigenvalue weighted by atomic mass is 35.5. The minimum Gasteiger partial charge on any atom is -0.378 e. The van der Waals surface area contributed by atoms with Crippen LogP contribution in [0.1, 0.15) is 77.4 Å². The lowest BCUT2D eigenvalue weighted by molar-refractivity contribution is 0.122. The first kappa shape index (κ1) is 26.6.